The zero-order valence-corrected chi connectivity index (χ0v) is 12.6. The molecular weight excluding hydrogens is 318 g/mol. The first-order chi connectivity index (χ1) is 8.16. The molecule has 0 bridgehead atoms. The maximum atomic E-state index is 6.17. The smallest absolute Gasteiger partial charge is 0.0462 e. The van der Waals surface area contributed by atoms with E-state index in [2.05, 4.69) is 45.7 Å². The lowest BCUT2D eigenvalue weighted by atomic mass is 10.2. The van der Waals surface area contributed by atoms with Gasteiger partial charge in [-0.3, -0.25) is 0 Å². The van der Waals surface area contributed by atoms with Crippen molar-refractivity contribution in [1.82, 2.24) is 5.32 Å². The molecule has 0 fully saturated rings. The summed E-state index contributed by atoms with van der Waals surface area (Å²) in [6.07, 6.45) is 0. The van der Waals surface area contributed by atoms with Gasteiger partial charge >= 0.3 is 0 Å². The molecule has 0 aliphatic heterocycles. The number of benzene rings is 1. The van der Waals surface area contributed by atoms with Crippen LogP contribution in [0.1, 0.15) is 23.4 Å². The topological polar surface area (TPSA) is 12.0 Å². The predicted molar refractivity (Wildman–Crippen MR) is 78.7 cm³/mol. The summed E-state index contributed by atoms with van der Waals surface area (Å²) in [5.41, 5.74) is 1.12. The third-order valence-electron chi connectivity index (χ3n) is 2.58. The Labute approximate surface area is 119 Å². The molecule has 0 saturated carbocycles. The number of nitrogens with one attached hydrogen (secondary N) is 1. The van der Waals surface area contributed by atoms with E-state index in [1.54, 1.807) is 11.3 Å². The summed E-state index contributed by atoms with van der Waals surface area (Å²) >= 11 is 11.3. The summed E-state index contributed by atoms with van der Waals surface area (Å²) in [5, 5.41) is 6.37. The zero-order chi connectivity index (χ0) is 12.3. The lowest BCUT2D eigenvalue weighted by Crippen LogP contribution is -2.17. The van der Waals surface area contributed by atoms with Gasteiger partial charge in [0.2, 0.25) is 0 Å². The van der Waals surface area contributed by atoms with Crippen LogP contribution in [0.25, 0.3) is 0 Å². The monoisotopic (exact) mass is 329 g/mol. The van der Waals surface area contributed by atoms with Crippen LogP contribution in [0, 0.1) is 0 Å². The van der Waals surface area contributed by atoms with Crippen LogP contribution in [0.5, 0.6) is 0 Å². The van der Waals surface area contributed by atoms with Crippen molar-refractivity contribution in [2.75, 3.05) is 0 Å². The Balaban J connectivity index is 1.98. The Morgan fingerprint density at radius 3 is 2.88 bits per heavy atom. The average molecular weight is 331 g/mol. The maximum absolute atomic E-state index is 6.17. The van der Waals surface area contributed by atoms with Gasteiger partial charge in [0, 0.05) is 27.0 Å². The third kappa shape index (κ3) is 3.55. The molecule has 2 rings (SSSR count). The molecule has 1 aromatic heterocycles. The minimum atomic E-state index is 0.356. The van der Waals surface area contributed by atoms with Crippen molar-refractivity contribution in [3.05, 3.63) is 55.6 Å². The van der Waals surface area contributed by atoms with Gasteiger partial charge in [0.15, 0.2) is 0 Å². The van der Waals surface area contributed by atoms with Gasteiger partial charge in [0.1, 0.15) is 0 Å². The second-order valence-electron chi connectivity index (χ2n) is 3.85. The van der Waals surface area contributed by atoms with E-state index in [1.165, 1.54) is 4.88 Å². The van der Waals surface area contributed by atoms with Crippen LogP contribution in [0.2, 0.25) is 5.02 Å². The summed E-state index contributed by atoms with van der Waals surface area (Å²) in [6, 6.07) is 10.6. The third-order valence-corrected chi connectivity index (χ3v) is 4.48. The number of hydrogen-bond acceptors (Lipinski definition) is 2. The van der Waals surface area contributed by atoms with Crippen molar-refractivity contribution in [3.63, 3.8) is 0 Å². The Kier molecular flexibility index (Phi) is 4.62. The van der Waals surface area contributed by atoms with E-state index in [0.29, 0.717) is 6.04 Å². The van der Waals surface area contributed by atoms with Gasteiger partial charge in [-0.15, -0.1) is 11.3 Å². The van der Waals surface area contributed by atoms with Crippen molar-refractivity contribution in [2.24, 2.45) is 0 Å². The van der Waals surface area contributed by atoms with Crippen LogP contribution in [-0.4, -0.2) is 0 Å². The van der Waals surface area contributed by atoms with Gasteiger partial charge in [-0.05, 0) is 36.1 Å². The Bertz CT molecular complexity index is 484. The van der Waals surface area contributed by atoms with Crippen LogP contribution in [-0.2, 0) is 6.54 Å². The molecule has 0 unspecified atom stereocenters. The molecular formula is C13H13BrClNS. The van der Waals surface area contributed by atoms with Crippen molar-refractivity contribution in [1.29, 1.82) is 0 Å². The van der Waals surface area contributed by atoms with Gasteiger partial charge in [-0.25, -0.2) is 0 Å². The molecule has 0 radical (unpaired) electrons. The highest BCUT2D eigenvalue weighted by Crippen LogP contribution is 2.23. The molecule has 0 amide bonds. The van der Waals surface area contributed by atoms with Crippen LogP contribution < -0.4 is 5.32 Å². The lowest BCUT2D eigenvalue weighted by molar-refractivity contribution is 0.583. The molecule has 0 spiro atoms. The summed E-state index contributed by atoms with van der Waals surface area (Å²) in [5.74, 6) is 0. The predicted octanol–water partition coefficient (Wildman–Crippen LogP) is 5.01. The van der Waals surface area contributed by atoms with E-state index in [-0.39, 0.29) is 0 Å². The molecule has 1 heterocycles. The lowest BCUT2D eigenvalue weighted by Gasteiger charge is -2.13. The fourth-order valence-corrected chi connectivity index (χ4v) is 3.07. The highest BCUT2D eigenvalue weighted by molar-refractivity contribution is 9.10. The summed E-state index contributed by atoms with van der Waals surface area (Å²) < 4.78 is 1.01. The van der Waals surface area contributed by atoms with E-state index in [0.717, 1.165) is 21.6 Å². The maximum Gasteiger partial charge on any atom is 0.0462 e. The summed E-state index contributed by atoms with van der Waals surface area (Å²) in [4.78, 5) is 1.35. The molecule has 90 valence electrons. The van der Waals surface area contributed by atoms with Crippen LogP contribution >= 0.6 is 38.9 Å². The molecule has 1 N–H and O–H groups in total. The summed E-state index contributed by atoms with van der Waals surface area (Å²) in [7, 11) is 0. The molecule has 0 aliphatic carbocycles. The largest absolute Gasteiger partial charge is 0.305 e. The van der Waals surface area contributed by atoms with Gasteiger partial charge in [0.05, 0.1) is 0 Å². The Hall–Kier alpha value is -0.350. The molecule has 0 saturated heterocycles. The Morgan fingerprint density at radius 1 is 1.41 bits per heavy atom. The Morgan fingerprint density at radius 2 is 2.24 bits per heavy atom. The molecule has 1 aromatic carbocycles. The molecule has 17 heavy (non-hydrogen) atoms. The minimum absolute atomic E-state index is 0.356. The molecule has 4 heteroatoms. The first-order valence-electron chi connectivity index (χ1n) is 5.37. The number of thiophene rings is 1. The molecule has 1 nitrogen and oxygen atoms in total. The van der Waals surface area contributed by atoms with Gasteiger partial charge in [-0.1, -0.05) is 39.7 Å². The zero-order valence-electron chi connectivity index (χ0n) is 9.41. The van der Waals surface area contributed by atoms with Crippen molar-refractivity contribution < 1.29 is 0 Å². The highest BCUT2D eigenvalue weighted by atomic mass is 79.9. The molecule has 0 aliphatic rings. The highest BCUT2D eigenvalue weighted by Gasteiger charge is 2.07. The van der Waals surface area contributed by atoms with Crippen molar-refractivity contribution in [3.8, 4) is 0 Å². The van der Waals surface area contributed by atoms with Crippen molar-refractivity contribution >= 4 is 38.9 Å². The van der Waals surface area contributed by atoms with E-state index >= 15 is 0 Å². The van der Waals surface area contributed by atoms with Gasteiger partial charge < -0.3 is 5.32 Å². The standard InChI is InChI=1S/C13H13BrClNS/c1-9(13-3-2-6-17-13)16-8-10-4-5-11(14)7-12(10)15/h2-7,9,16H,8H2,1H3/t9-/m0/s1. The normalized spacial score (nSPS) is 12.6. The molecule has 1 atom stereocenters. The van der Waals surface area contributed by atoms with Crippen LogP contribution in [0.3, 0.4) is 0 Å². The van der Waals surface area contributed by atoms with Gasteiger partial charge in [-0.2, -0.15) is 0 Å². The number of hydrogen-bond donors (Lipinski definition) is 1. The fourth-order valence-electron chi connectivity index (χ4n) is 1.57. The SMILES string of the molecule is C[C@H](NCc1ccc(Br)cc1Cl)c1cccs1. The van der Waals surface area contributed by atoms with Crippen LogP contribution in [0.15, 0.2) is 40.2 Å². The van der Waals surface area contributed by atoms with E-state index < -0.39 is 0 Å². The second kappa shape index (κ2) is 6.01. The van der Waals surface area contributed by atoms with Gasteiger partial charge in [0.25, 0.3) is 0 Å². The van der Waals surface area contributed by atoms with E-state index in [4.69, 9.17) is 11.6 Å². The van der Waals surface area contributed by atoms with Crippen molar-refractivity contribution in [2.45, 2.75) is 19.5 Å². The first-order valence-corrected chi connectivity index (χ1v) is 7.42. The fraction of sp³-hybridized carbons (Fsp3) is 0.231. The second-order valence-corrected chi connectivity index (χ2v) is 6.16. The number of halogens is 2. The quantitative estimate of drug-likeness (QED) is 0.830. The minimum Gasteiger partial charge on any atom is -0.305 e. The van der Waals surface area contributed by atoms with E-state index in [9.17, 15) is 0 Å². The average Bonchev–Trinajstić information content (AvgIpc) is 2.81. The number of rotatable bonds is 4. The molecule has 2 aromatic rings. The van der Waals surface area contributed by atoms with Crippen LogP contribution in [0.4, 0.5) is 0 Å². The first kappa shape index (κ1) is 13.1. The van der Waals surface area contributed by atoms with E-state index in [1.807, 2.05) is 18.2 Å². The summed E-state index contributed by atoms with van der Waals surface area (Å²) in [6.45, 7) is 2.95.